The number of tetrazole rings is 1. The third kappa shape index (κ3) is 2.98. The Labute approximate surface area is 99.3 Å². The lowest BCUT2D eigenvalue weighted by atomic mass is 10.2. The number of halogens is 1. The summed E-state index contributed by atoms with van der Waals surface area (Å²) in [5, 5.41) is 17.1. The van der Waals surface area contributed by atoms with E-state index in [0.29, 0.717) is 5.95 Å². The second-order valence-corrected chi connectivity index (χ2v) is 3.91. The second-order valence-electron chi connectivity index (χ2n) is 2.66. The fourth-order valence-electron chi connectivity index (χ4n) is 0.961. The Bertz CT molecular complexity index is 452. The molecule has 2 N–H and O–H groups in total. The molecular formula is C8H7IN6. The van der Waals surface area contributed by atoms with Crippen molar-refractivity contribution in [2.45, 2.75) is 0 Å². The monoisotopic (exact) mass is 314 g/mol. The lowest BCUT2D eigenvalue weighted by molar-refractivity contribution is 0.881. The lowest BCUT2D eigenvalue weighted by Gasteiger charge is -1.93. The number of benzene rings is 1. The van der Waals surface area contributed by atoms with Gasteiger partial charge in [-0.1, -0.05) is 17.2 Å². The average Bonchev–Trinajstić information content (AvgIpc) is 2.71. The number of nitrogens with one attached hydrogen (secondary N) is 2. The van der Waals surface area contributed by atoms with Gasteiger partial charge >= 0.3 is 0 Å². The van der Waals surface area contributed by atoms with Gasteiger partial charge in [0.25, 0.3) is 5.95 Å². The molecule has 2 aromatic rings. The molecule has 15 heavy (non-hydrogen) atoms. The molecule has 0 fully saturated rings. The van der Waals surface area contributed by atoms with Gasteiger partial charge in [-0.15, -0.1) is 5.10 Å². The molecule has 6 nitrogen and oxygen atoms in total. The topological polar surface area (TPSA) is 78.9 Å². The zero-order chi connectivity index (χ0) is 10.5. The predicted molar refractivity (Wildman–Crippen MR) is 64.6 cm³/mol. The molecule has 0 bridgehead atoms. The summed E-state index contributed by atoms with van der Waals surface area (Å²) < 4.78 is 1.16. The Morgan fingerprint density at radius 2 is 2.40 bits per heavy atom. The molecule has 0 radical (unpaired) electrons. The molecule has 0 saturated heterocycles. The Hall–Kier alpha value is -1.51. The standard InChI is InChI=1S/C8H7IN6/c9-7-3-1-2-6(4-7)5-10-11-8-12-14-15-13-8/h1-5H,(H2,11,12,13,14,15). The molecule has 0 atom stereocenters. The van der Waals surface area contributed by atoms with E-state index in [1.54, 1.807) is 6.21 Å². The number of rotatable bonds is 3. The van der Waals surface area contributed by atoms with E-state index in [2.05, 4.69) is 53.7 Å². The van der Waals surface area contributed by atoms with Gasteiger partial charge in [0.05, 0.1) is 6.21 Å². The molecular weight excluding hydrogens is 307 g/mol. The van der Waals surface area contributed by atoms with Gasteiger partial charge in [-0.25, -0.2) is 5.43 Å². The van der Waals surface area contributed by atoms with Crippen LogP contribution in [0.1, 0.15) is 5.56 Å². The third-order valence-corrected chi connectivity index (χ3v) is 2.24. The average molecular weight is 314 g/mol. The maximum atomic E-state index is 3.96. The molecule has 0 spiro atoms. The molecule has 7 heteroatoms. The predicted octanol–water partition coefficient (Wildman–Crippen LogP) is 1.25. The molecule has 0 aliphatic carbocycles. The van der Waals surface area contributed by atoms with Gasteiger partial charge in [-0.2, -0.15) is 10.3 Å². The van der Waals surface area contributed by atoms with Crippen LogP contribution in [0.15, 0.2) is 29.4 Å². The smallest absolute Gasteiger partial charge is 0.243 e. The zero-order valence-electron chi connectivity index (χ0n) is 7.55. The van der Waals surface area contributed by atoms with Crippen molar-refractivity contribution in [2.75, 3.05) is 5.43 Å². The van der Waals surface area contributed by atoms with Crippen molar-refractivity contribution in [3.05, 3.63) is 33.4 Å². The van der Waals surface area contributed by atoms with Crippen molar-refractivity contribution in [3.63, 3.8) is 0 Å². The van der Waals surface area contributed by atoms with E-state index in [9.17, 15) is 0 Å². The van der Waals surface area contributed by atoms with Crippen LogP contribution in [0.4, 0.5) is 5.95 Å². The first-order chi connectivity index (χ1) is 7.34. The maximum Gasteiger partial charge on any atom is 0.283 e. The molecule has 76 valence electrons. The molecule has 0 amide bonds. The molecule has 1 aromatic carbocycles. The summed E-state index contributed by atoms with van der Waals surface area (Å²) in [6.45, 7) is 0. The number of nitrogens with zero attached hydrogens (tertiary/aromatic N) is 4. The van der Waals surface area contributed by atoms with Crippen molar-refractivity contribution < 1.29 is 0 Å². The minimum Gasteiger partial charge on any atom is -0.243 e. The number of hydrogen-bond acceptors (Lipinski definition) is 5. The van der Waals surface area contributed by atoms with Crippen molar-refractivity contribution in [1.82, 2.24) is 20.6 Å². The molecule has 0 aliphatic heterocycles. The Balaban J connectivity index is 2.00. The third-order valence-electron chi connectivity index (χ3n) is 1.57. The Morgan fingerprint density at radius 3 is 3.13 bits per heavy atom. The van der Waals surface area contributed by atoms with Crippen LogP contribution in [-0.4, -0.2) is 26.8 Å². The number of H-pyrrole nitrogens is 1. The molecule has 0 unspecified atom stereocenters. The highest BCUT2D eigenvalue weighted by Gasteiger charge is 1.92. The van der Waals surface area contributed by atoms with Gasteiger partial charge in [0.2, 0.25) is 0 Å². The van der Waals surface area contributed by atoms with Crippen molar-refractivity contribution in [2.24, 2.45) is 5.10 Å². The molecule has 2 rings (SSSR count). The number of anilines is 1. The summed E-state index contributed by atoms with van der Waals surface area (Å²) in [5.41, 5.74) is 3.66. The van der Waals surface area contributed by atoms with Gasteiger partial charge in [-0.3, -0.25) is 0 Å². The highest BCUT2D eigenvalue weighted by molar-refractivity contribution is 14.1. The van der Waals surface area contributed by atoms with Gasteiger partial charge in [0.1, 0.15) is 0 Å². The first-order valence-corrected chi connectivity index (χ1v) is 5.20. The van der Waals surface area contributed by atoms with Gasteiger partial charge in [0, 0.05) is 3.57 Å². The van der Waals surface area contributed by atoms with E-state index in [0.717, 1.165) is 9.13 Å². The number of hydrogen-bond donors (Lipinski definition) is 2. The highest BCUT2D eigenvalue weighted by atomic mass is 127. The van der Waals surface area contributed by atoms with E-state index in [1.165, 1.54) is 0 Å². The highest BCUT2D eigenvalue weighted by Crippen LogP contribution is 2.05. The SMILES string of the molecule is Ic1cccc(C=NNc2nn[nH]n2)c1. The largest absolute Gasteiger partial charge is 0.283 e. The van der Waals surface area contributed by atoms with Crippen LogP contribution in [0.3, 0.4) is 0 Å². The van der Waals surface area contributed by atoms with Crippen LogP contribution < -0.4 is 5.43 Å². The van der Waals surface area contributed by atoms with Crippen LogP contribution in [0.5, 0.6) is 0 Å². The molecule has 1 aromatic heterocycles. The number of aromatic amines is 1. The Morgan fingerprint density at radius 1 is 1.47 bits per heavy atom. The van der Waals surface area contributed by atoms with Gasteiger partial charge < -0.3 is 0 Å². The molecule has 0 aliphatic rings. The fourth-order valence-corrected chi connectivity index (χ4v) is 1.53. The quantitative estimate of drug-likeness (QED) is 0.508. The van der Waals surface area contributed by atoms with Crippen molar-refractivity contribution in [3.8, 4) is 0 Å². The van der Waals surface area contributed by atoms with Crippen molar-refractivity contribution >= 4 is 34.8 Å². The minimum absolute atomic E-state index is 0.344. The minimum atomic E-state index is 0.344. The van der Waals surface area contributed by atoms with E-state index in [-0.39, 0.29) is 0 Å². The number of aromatic nitrogens is 4. The van der Waals surface area contributed by atoms with Gasteiger partial charge in [-0.05, 0) is 45.5 Å². The summed E-state index contributed by atoms with van der Waals surface area (Å²) in [7, 11) is 0. The van der Waals surface area contributed by atoms with Crippen LogP contribution in [-0.2, 0) is 0 Å². The fraction of sp³-hybridized carbons (Fsp3) is 0. The molecule has 1 heterocycles. The Kier molecular flexibility index (Phi) is 3.22. The normalized spacial score (nSPS) is 10.7. The van der Waals surface area contributed by atoms with Crippen LogP contribution in [0.25, 0.3) is 0 Å². The van der Waals surface area contributed by atoms with Crippen LogP contribution in [0, 0.1) is 3.57 Å². The summed E-state index contributed by atoms with van der Waals surface area (Å²) in [5.74, 6) is 0.344. The van der Waals surface area contributed by atoms with E-state index in [4.69, 9.17) is 0 Å². The van der Waals surface area contributed by atoms with Crippen LogP contribution in [0.2, 0.25) is 0 Å². The summed E-state index contributed by atoms with van der Waals surface area (Å²) >= 11 is 2.25. The van der Waals surface area contributed by atoms with Crippen LogP contribution >= 0.6 is 22.6 Å². The number of hydrazone groups is 1. The van der Waals surface area contributed by atoms with Crippen molar-refractivity contribution in [1.29, 1.82) is 0 Å². The first kappa shape index (κ1) is 10.0. The van der Waals surface area contributed by atoms with E-state index in [1.807, 2.05) is 24.3 Å². The zero-order valence-corrected chi connectivity index (χ0v) is 9.71. The summed E-state index contributed by atoms with van der Waals surface area (Å²) in [6, 6.07) is 7.97. The van der Waals surface area contributed by atoms with E-state index >= 15 is 0 Å². The summed E-state index contributed by atoms with van der Waals surface area (Å²) in [4.78, 5) is 0. The molecule has 0 saturated carbocycles. The van der Waals surface area contributed by atoms with E-state index < -0.39 is 0 Å². The summed E-state index contributed by atoms with van der Waals surface area (Å²) in [6.07, 6.45) is 1.69. The van der Waals surface area contributed by atoms with Gasteiger partial charge in [0.15, 0.2) is 0 Å². The first-order valence-electron chi connectivity index (χ1n) is 4.13. The second kappa shape index (κ2) is 4.82. The maximum absolute atomic E-state index is 3.96. The lowest BCUT2D eigenvalue weighted by Crippen LogP contribution is -1.92.